The quantitative estimate of drug-likeness (QED) is 0.373. The highest BCUT2D eigenvalue weighted by atomic mass is 32.2. The molecule has 0 rings (SSSR count). The van der Waals surface area contributed by atoms with Crippen molar-refractivity contribution in [1.82, 2.24) is 0 Å². The second-order valence-electron chi connectivity index (χ2n) is 4.91. The Balaban J connectivity index is 3.41. The van der Waals surface area contributed by atoms with E-state index in [2.05, 4.69) is 13.8 Å². The van der Waals surface area contributed by atoms with Crippen LogP contribution in [0, 0.1) is 0 Å². The summed E-state index contributed by atoms with van der Waals surface area (Å²) in [4.78, 5) is 0. The lowest BCUT2D eigenvalue weighted by atomic mass is 10.1. The Hall–Kier alpha value is -0.0900. The van der Waals surface area contributed by atoms with Crippen LogP contribution in [0.1, 0.15) is 78.1 Å². The van der Waals surface area contributed by atoms with Crippen LogP contribution in [-0.4, -0.2) is 20.8 Å². The number of hydrogen-bond acceptors (Lipinski definition) is 3. The molecule has 0 atom stereocenters. The molecule has 0 aliphatic heterocycles. The van der Waals surface area contributed by atoms with Crippen molar-refractivity contribution < 1.29 is 12.6 Å². The fourth-order valence-corrected chi connectivity index (χ4v) is 2.88. The second kappa shape index (κ2) is 12.0. The standard InChI is InChI=1S/C14H30O3S/c1-3-5-7-8-9-10-12-14-18(15,16)17-13-11-6-4-2/h3-14H2,1-2H3. The highest BCUT2D eigenvalue weighted by Gasteiger charge is 2.09. The largest absolute Gasteiger partial charge is 0.270 e. The van der Waals surface area contributed by atoms with E-state index in [0.717, 1.165) is 38.5 Å². The van der Waals surface area contributed by atoms with E-state index in [9.17, 15) is 8.42 Å². The molecule has 0 aromatic heterocycles. The SMILES string of the molecule is CCCCCCCCCS(=O)(=O)OCCCCC. The van der Waals surface area contributed by atoms with Crippen molar-refractivity contribution in [3.8, 4) is 0 Å². The molecule has 0 bridgehead atoms. The summed E-state index contributed by atoms with van der Waals surface area (Å²) in [6, 6.07) is 0. The highest BCUT2D eigenvalue weighted by molar-refractivity contribution is 7.86. The zero-order valence-electron chi connectivity index (χ0n) is 12.1. The first-order chi connectivity index (χ1) is 8.62. The summed E-state index contributed by atoms with van der Waals surface area (Å²) in [5.41, 5.74) is 0. The minimum atomic E-state index is -3.26. The highest BCUT2D eigenvalue weighted by Crippen LogP contribution is 2.09. The van der Waals surface area contributed by atoms with Crippen molar-refractivity contribution >= 4 is 10.1 Å². The molecule has 0 radical (unpaired) electrons. The normalized spacial score (nSPS) is 11.9. The topological polar surface area (TPSA) is 43.4 Å². The van der Waals surface area contributed by atoms with Gasteiger partial charge in [-0.25, -0.2) is 0 Å². The van der Waals surface area contributed by atoms with E-state index in [-0.39, 0.29) is 5.75 Å². The number of rotatable bonds is 13. The van der Waals surface area contributed by atoms with Crippen molar-refractivity contribution in [3.05, 3.63) is 0 Å². The molecule has 0 N–H and O–H groups in total. The maximum atomic E-state index is 11.5. The van der Waals surface area contributed by atoms with Gasteiger partial charge in [-0.15, -0.1) is 0 Å². The molecule has 0 spiro atoms. The van der Waals surface area contributed by atoms with Crippen molar-refractivity contribution in [2.24, 2.45) is 0 Å². The monoisotopic (exact) mass is 278 g/mol. The molecule has 0 saturated heterocycles. The summed E-state index contributed by atoms with van der Waals surface area (Å²) in [6.07, 6.45) is 10.9. The zero-order valence-corrected chi connectivity index (χ0v) is 12.9. The van der Waals surface area contributed by atoms with Crippen LogP contribution in [0.15, 0.2) is 0 Å². The maximum Gasteiger partial charge on any atom is 0.267 e. The molecule has 0 unspecified atom stereocenters. The van der Waals surface area contributed by atoms with Gasteiger partial charge in [-0.3, -0.25) is 4.18 Å². The van der Waals surface area contributed by atoms with E-state index in [1.807, 2.05) is 0 Å². The van der Waals surface area contributed by atoms with E-state index in [0.29, 0.717) is 6.61 Å². The van der Waals surface area contributed by atoms with Crippen LogP contribution in [0.25, 0.3) is 0 Å². The summed E-state index contributed by atoms with van der Waals surface area (Å²) < 4.78 is 28.0. The summed E-state index contributed by atoms with van der Waals surface area (Å²) in [6.45, 7) is 4.64. The summed E-state index contributed by atoms with van der Waals surface area (Å²) in [5, 5.41) is 0. The molecular weight excluding hydrogens is 248 g/mol. The van der Waals surface area contributed by atoms with Crippen LogP contribution in [0.3, 0.4) is 0 Å². The Morgan fingerprint density at radius 1 is 0.722 bits per heavy atom. The average molecular weight is 278 g/mol. The molecule has 3 nitrogen and oxygen atoms in total. The van der Waals surface area contributed by atoms with Gasteiger partial charge in [0, 0.05) is 0 Å². The van der Waals surface area contributed by atoms with E-state index >= 15 is 0 Å². The summed E-state index contributed by atoms with van der Waals surface area (Å²) in [5.74, 6) is 0.187. The van der Waals surface area contributed by atoms with Crippen molar-refractivity contribution in [1.29, 1.82) is 0 Å². The molecular formula is C14H30O3S. The molecule has 0 heterocycles. The molecule has 0 aliphatic carbocycles. The fourth-order valence-electron chi connectivity index (χ4n) is 1.83. The summed E-state index contributed by atoms with van der Waals surface area (Å²) in [7, 11) is -3.26. The Kier molecular flexibility index (Phi) is 11.9. The van der Waals surface area contributed by atoms with Crippen molar-refractivity contribution in [3.63, 3.8) is 0 Å². The summed E-state index contributed by atoms with van der Waals surface area (Å²) >= 11 is 0. The van der Waals surface area contributed by atoms with Crippen molar-refractivity contribution in [2.45, 2.75) is 78.1 Å². The lowest BCUT2D eigenvalue weighted by Crippen LogP contribution is -2.11. The van der Waals surface area contributed by atoms with Gasteiger partial charge < -0.3 is 0 Å². The van der Waals surface area contributed by atoms with Crippen LogP contribution in [0.2, 0.25) is 0 Å². The zero-order chi connectivity index (χ0) is 13.7. The Morgan fingerprint density at radius 2 is 1.22 bits per heavy atom. The van der Waals surface area contributed by atoms with Gasteiger partial charge in [-0.05, 0) is 12.8 Å². The van der Waals surface area contributed by atoms with Gasteiger partial charge in [0.2, 0.25) is 0 Å². The van der Waals surface area contributed by atoms with Gasteiger partial charge in [0.15, 0.2) is 0 Å². The number of hydrogen-bond donors (Lipinski definition) is 0. The fraction of sp³-hybridized carbons (Fsp3) is 1.00. The molecule has 110 valence electrons. The minimum Gasteiger partial charge on any atom is -0.270 e. The van der Waals surface area contributed by atoms with Crippen LogP contribution in [-0.2, 0) is 14.3 Å². The first-order valence-electron chi connectivity index (χ1n) is 7.49. The first kappa shape index (κ1) is 17.9. The molecule has 0 saturated carbocycles. The third-order valence-corrected chi connectivity index (χ3v) is 4.32. The molecule has 4 heteroatoms. The van der Waals surface area contributed by atoms with E-state index in [1.165, 1.54) is 25.7 Å². The maximum absolute atomic E-state index is 11.5. The predicted molar refractivity (Wildman–Crippen MR) is 77.3 cm³/mol. The second-order valence-corrected chi connectivity index (χ2v) is 6.67. The van der Waals surface area contributed by atoms with E-state index in [1.54, 1.807) is 0 Å². The van der Waals surface area contributed by atoms with Crippen LogP contribution < -0.4 is 0 Å². The smallest absolute Gasteiger partial charge is 0.267 e. The molecule has 0 fully saturated rings. The van der Waals surface area contributed by atoms with Gasteiger partial charge in [-0.1, -0.05) is 65.2 Å². The minimum absolute atomic E-state index is 0.187. The lowest BCUT2D eigenvalue weighted by molar-refractivity contribution is 0.307. The van der Waals surface area contributed by atoms with Crippen LogP contribution >= 0.6 is 0 Å². The third kappa shape index (κ3) is 12.4. The molecule has 0 amide bonds. The Morgan fingerprint density at radius 3 is 1.83 bits per heavy atom. The number of unbranched alkanes of at least 4 members (excludes halogenated alkanes) is 8. The molecule has 0 aromatic carbocycles. The predicted octanol–water partition coefficient (Wildman–Crippen LogP) is 4.27. The van der Waals surface area contributed by atoms with Gasteiger partial charge in [0.1, 0.15) is 0 Å². The van der Waals surface area contributed by atoms with Crippen LogP contribution in [0.4, 0.5) is 0 Å². The van der Waals surface area contributed by atoms with Gasteiger partial charge >= 0.3 is 0 Å². The van der Waals surface area contributed by atoms with Crippen molar-refractivity contribution in [2.75, 3.05) is 12.4 Å². The van der Waals surface area contributed by atoms with Gasteiger partial charge in [0.25, 0.3) is 10.1 Å². The van der Waals surface area contributed by atoms with Crippen LogP contribution in [0.5, 0.6) is 0 Å². The van der Waals surface area contributed by atoms with Gasteiger partial charge in [0.05, 0.1) is 12.4 Å². The Bertz CT molecular complexity index is 260. The Labute approximate surface area is 113 Å². The average Bonchev–Trinajstić information content (AvgIpc) is 2.34. The molecule has 18 heavy (non-hydrogen) atoms. The lowest BCUT2D eigenvalue weighted by Gasteiger charge is -2.05. The molecule has 0 aliphatic rings. The van der Waals surface area contributed by atoms with Gasteiger partial charge in [-0.2, -0.15) is 8.42 Å². The van der Waals surface area contributed by atoms with E-state index < -0.39 is 10.1 Å². The first-order valence-corrected chi connectivity index (χ1v) is 9.07. The molecule has 0 aromatic rings. The third-order valence-electron chi connectivity index (χ3n) is 3.01. The van der Waals surface area contributed by atoms with E-state index in [4.69, 9.17) is 4.18 Å².